The number of rotatable bonds is 24. The van der Waals surface area contributed by atoms with Crippen LogP contribution in [0.4, 0.5) is 4.79 Å². The van der Waals surface area contributed by atoms with Crippen molar-refractivity contribution < 1.29 is 50.6 Å². The van der Waals surface area contributed by atoms with Crippen molar-refractivity contribution in [2.24, 2.45) is 0 Å². The monoisotopic (exact) mass is 545 g/mol. The number of carbonyl (C=O) groups is 1. The summed E-state index contributed by atoms with van der Waals surface area (Å²) in [5, 5.41) is 0. The molecule has 0 radical (unpaired) electrons. The van der Waals surface area contributed by atoms with Crippen LogP contribution in [0.3, 0.4) is 0 Å². The first-order chi connectivity index (χ1) is 17.0. The van der Waals surface area contributed by atoms with Crippen LogP contribution in [0.2, 0.25) is 0 Å². The molecule has 0 spiro atoms. The highest BCUT2D eigenvalue weighted by Gasteiger charge is 2.21. The van der Waals surface area contributed by atoms with E-state index in [1.807, 2.05) is 27.7 Å². The zero-order valence-electron chi connectivity index (χ0n) is 22.7. The van der Waals surface area contributed by atoms with Gasteiger partial charge in [0.25, 0.3) is 10.1 Å². The highest BCUT2D eigenvalue weighted by Crippen LogP contribution is 2.10. The second kappa shape index (κ2) is 22.0. The quantitative estimate of drug-likeness (QED) is 0.130. The predicted molar refractivity (Wildman–Crippen MR) is 134 cm³/mol. The Morgan fingerprint density at radius 2 is 1.00 bits per heavy atom. The third kappa shape index (κ3) is 26.0. The van der Waals surface area contributed by atoms with Gasteiger partial charge in [0.05, 0.1) is 85.5 Å². The van der Waals surface area contributed by atoms with Crippen LogP contribution in [-0.4, -0.2) is 130 Å². The Bertz CT molecular complexity index is 626. The molecule has 0 saturated carbocycles. The topological polar surface area (TPSA) is 128 Å². The van der Waals surface area contributed by atoms with E-state index >= 15 is 0 Å². The summed E-state index contributed by atoms with van der Waals surface area (Å²) in [5.74, 6) is 0. The molecule has 0 rings (SSSR count). The van der Waals surface area contributed by atoms with E-state index in [9.17, 15) is 13.2 Å². The molecule has 0 fully saturated rings. The molecule has 36 heavy (non-hydrogen) atoms. The van der Waals surface area contributed by atoms with Gasteiger partial charge in [0.15, 0.2) is 0 Å². The lowest BCUT2D eigenvalue weighted by molar-refractivity contribution is -0.0159. The van der Waals surface area contributed by atoms with Gasteiger partial charge in [0.2, 0.25) is 0 Å². The first kappa shape index (κ1) is 34.9. The molecule has 0 atom stereocenters. The lowest BCUT2D eigenvalue weighted by atomic mass is 10.2. The van der Waals surface area contributed by atoms with Gasteiger partial charge in [-0.15, -0.1) is 0 Å². The lowest BCUT2D eigenvalue weighted by Crippen LogP contribution is -2.40. The van der Waals surface area contributed by atoms with Crippen molar-refractivity contribution in [2.75, 3.05) is 105 Å². The van der Waals surface area contributed by atoms with Gasteiger partial charge >= 0.3 is 6.09 Å². The summed E-state index contributed by atoms with van der Waals surface area (Å²) in [6.07, 6.45) is 1.54. The minimum absolute atomic E-state index is 0.00787. The summed E-state index contributed by atoms with van der Waals surface area (Å²) in [5.41, 5.74) is -0.560. The molecule has 0 aromatic heterocycles. The van der Waals surface area contributed by atoms with Crippen molar-refractivity contribution >= 4 is 16.2 Å². The number of amides is 1. The maximum absolute atomic E-state index is 12.4. The van der Waals surface area contributed by atoms with E-state index in [0.717, 1.165) is 12.7 Å². The van der Waals surface area contributed by atoms with Crippen LogP contribution in [-0.2, 0) is 47.5 Å². The number of hydrogen-bond acceptors (Lipinski definition) is 11. The van der Waals surface area contributed by atoms with Crippen molar-refractivity contribution in [3.05, 3.63) is 0 Å². The molecule has 0 unspecified atom stereocenters. The van der Waals surface area contributed by atoms with Crippen molar-refractivity contribution in [3.8, 4) is 0 Å². The Morgan fingerprint density at radius 1 is 0.639 bits per heavy atom. The second-order valence-corrected chi connectivity index (χ2v) is 10.3. The second-order valence-electron chi connectivity index (χ2n) is 8.67. The van der Waals surface area contributed by atoms with Gasteiger partial charge in [-0.05, 0) is 27.2 Å². The molecule has 0 aliphatic rings. The number of nitrogens with zero attached hydrogens (tertiary/aromatic N) is 1. The van der Waals surface area contributed by atoms with Gasteiger partial charge in [-0.1, -0.05) is 6.92 Å². The summed E-state index contributed by atoms with van der Waals surface area (Å²) >= 11 is 0. The normalized spacial score (nSPS) is 12.1. The van der Waals surface area contributed by atoms with E-state index < -0.39 is 15.7 Å². The largest absolute Gasteiger partial charge is 0.444 e. The highest BCUT2D eigenvalue weighted by molar-refractivity contribution is 7.85. The van der Waals surface area contributed by atoms with Crippen molar-refractivity contribution in [1.29, 1.82) is 0 Å². The van der Waals surface area contributed by atoms with Crippen LogP contribution in [0.1, 0.15) is 34.1 Å². The van der Waals surface area contributed by atoms with Gasteiger partial charge < -0.3 is 38.1 Å². The molecule has 0 aliphatic heterocycles. The van der Waals surface area contributed by atoms with Gasteiger partial charge in [-0.25, -0.2) is 4.79 Å². The third-order valence-electron chi connectivity index (χ3n) is 4.02. The molecule has 0 bridgehead atoms. The van der Waals surface area contributed by atoms with Gasteiger partial charge in [0, 0.05) is 19.7 Å². The minimum atomic E-state index is -3.43. The third-order valence-corrected chi connectivity index (χ3v) is 4.62. The highest BCUT2D eigenvalue weighted by atomic mass is 32.2. The summed E-state index contributed by atoms with van der Waals surface area (Å²) in [4.78, 5) is 14.0. The summed E-state index contributed by atoms with van der Waals surface area (Å²) < 4.78 is 64.0. The fourth-order valence-electron chi connectivity index (χ4n) is 2.44. The van der Waals surface area contributed by atoms with E-state index in [-0.39, 0.29) is 19.3 Å². The molecule has 0 aromatic rings. The average molecular weight is 546 g/mol. The van der Waals surface area contributed by atoms with Gasteiger partial charge in [0.1, 0.15) is 5.60 Å². The van der Waals surface area contributed by atoms with E-state index in [1.54, 1.807) is 4.90 Å². The SMILES string of the molecule is CCCOCCN(CCOCCOCCOCCOCCOCCOS(C)(=O)=O)C(=O)OC(C)(C)C. The Hall–Kier alpha value is -1.06. The van der Waals surface area contributed by atoms with Crippen molar-refractivity contribution in [2.45, 2.75) is 39.7 Å². The molecule has 0 heterocycles. The predicted octanol–water partition coefficient (Wildman–Crippen LogP) is 1.71. The van der Waals surface area contributed by atoms with Crippen LogP contribution in [0, 0.1) is 0 Å². The molecule has 13 heteroatoms. The zero-order valence-corrected chi connectivity index (χ0v) is 23.5. The molecule has 12 nitrogen and oxygen atoms in total. The Balaban J connectivity index is 3.61. The van der Waals surface area contributed by atoms with E-state index in [2.05, 4.69) is 4.18 Å². The molecular formula is C23H47NO11S. The number of carbonyl (C=O) groups excluding carboxylic acids is 1. The summed E-state index contributed by atoms with van der Waals surface area (Å²) in [7, 11) is -3.43. The van der Waals surface area contributed by atoms with Crippen LogP contribution in [0.15, 0.2) is 0 Å². The first-order valence-electron chi connectivity index (χ1n) is 12.3. The van der Waals surface area contributed by atoms with Crippen LogP contribution >= 0.6 is 0 Å². The van der Waals surface area contributed by atoms with Crippen LogP contribution in [0.5, 0.6) is 0 Å². The lowest BCUT2D eigenvalue weighted by Gasteiger charge is -2.27. The smallest absolute Gasteiger partial charge is 0.410 e. The summed E-state index contributed by atoms with van der Waals surface area (Å²) in [6.45, 7) is 13.3. The molecule has 0 N–H and O–H groups in total. The van der Waals surface area contributed by atoms with Gasteiger partial charge in [-0.3, -0.25) is 4.18 Å². The standard InChI is InChI=1S/C23H47NO11S/c1-6-9-28-10-7-24(22(25)35-23(2,3)4)8-11-29-12-13-30-14-15-31-16-17-32-18-19-33-20-21-34-36(5,26)27/h6-21H2,1-5H3. The Labute approximate surface area is 216 Å². The molecule has 216 valence electrons. The van der Waals surface area contributed by atoms with E-state index in [0.29, 0.717) is 85.8 Å². The minimum Gasteiger partial charge on any atom is -0.444 e. The number of ether oxygens (including phenoxy) is 7. The Morgan fingerprint density at radius 3 is 1.36 bits per heavy atom. The zero-order chi connectivity index (χ0) is 27.1. The van der Waals surface area contributed by atoms with E-state index in [4.69, 9.17) is 33.2 Å². The first-order valence-corrected chi connectivity index (χ1v) is 14.2. The maximum Gasteiger partial charge on any atom is 0.410 e. The van der Waals surface area contributed by atoms with Gasteiger partial charge in [-0.2, -0.15) is 8.42 Å². The molecule has 0 aliphatic carbocycles. The summed E-state index contributed by atoms with van der Waals surface area (Å²) in [6, 6.07) is 0. The molecule has 0 aromatic carbocycles. The maximum atomic E-state index is 12.4. The van der Waals surface area contributed by atoms with Crippen molar-refractivity contribution in [3.63, 3.8) is 0 Å². The average Bonchev–Trinajstić information content (AvgIpc) is 2.77. The van der Waals surface area contributed by atoms with Crippen molar-refractivity contribution in [1.82, 2.24) is 4.90 Å². The molecule has 1 amide bonds. The Kier molecular flexibility index (Phi) is 21.3. The van der Waals surface area contributed by atoms with Crippen LogP contribution in [0.25, 0.3) is 0 Å². The fourth-order valence-corrected chi connectivity index (χ4v) is 2.81. The van der Waals surface area contributed by atoms with Crippen LogP contribution < -0.4 is 0 Å². The van der Waals surface area contributed by atoms with E-state index in [1.165, 1.54) is 0 Å². The molecule has 0 saturated heterocycles. The molecular weight excluding hydrogens is 498 g/mol. The number of hydrogen-bond donors (Lipinski definition) is 0. The fraction of sp³-hybridized carbons (Fsp3) is 0.957.